The standard InChI is InChI=1S/C19H20O4/c1-4-23-17-8-6-5-7-15(17)16(20)11-9-14-10-12-18(21-2)19(13-14)22-3/h5-13H,4H2,1-3H3. The van der Waals surface area contributed by atoms with Gasteiger partial charge < -0.3 is 14.2 Å². The van der Waals surface area contributed by atoms with Crippen LogP contribution >= 0.6 is 0 Å². The smallest absolute Gasteiger partial charge is 0.189 e. The first kappa shape index (κ1) is 16.6. The molecule has 120 valence electrons. The Morgan fingerprint density at radius 1 is 1.00 bits per heavy atom. The fraction of sp³-hybridized carbons (Fsp3) is 0.211. The SMILES string of the molecule is CCOc1ccccc1C(=O)C=Cc1ccc(OC)c(OC)c1. The molecular formula is C19H20O4. The average molecular weight is 312 g/mol. The maximum Gasteiger partial charge on any atom is 0.189 e. The van der Waals surface area contributed by atoms with Gasteiger partial charge in [-0.05, 0) is 42.8 Å². The van der Waals surface area contributed by atoms with Gasteiger partial charge in [0.1, 0.15) is 5.75 Å². The third kappa shape index (κ3) is 4.13. The largest absolute Gasteiger partial charge is 0.493 e. The molecule has 0 saturated carbocycles. The minimum atomic E-state index is -0.108. The van der Waals surface area contributed by atoms with Gasteiger partial charge in [-0.2, -0.15) is 0 Å². The van der Waals surface area contributed by atoms with Crippen molar-refractivity contribution in [3.8, 4) is 17.2 Å². The van der Waals surface area contributed by atoms with Crippen LogP contribution in [0.4, 0.5) is 0 Å². The first-order chi connectivity index (χ1) is 11.2. The lowest BCUT2D eigenvalue weighted by atomic mass is 10.1. The topological polar surface area (TPSA) is 44.8 Å². The van der Waals surface area contributed by atoms with Crippen molar-refractivity contribution in [1.29, 1.82) is 0 Å². The molecule has 0 spiro atoms. The maximum absolute atomic E-state index is 12.4. The lowest BCUT2D eigenvalue weighted by molar-refractivity contribution is 0.104. The summed E-state index contributed by atoms with van der Waals surface area (Å²) in [4.78, 5) is 12.4. The highest BCUT2D eigenvalue weighted by Crippen LogP contribution is 2.28. The van der Waals surface area contributed by atoms with E-state index < -0.39 is 0 Å². The van der Waals surface area contributed by atoms with Gasteiger partial charge in [-0.25, -0.2) is 0 Å². The van der Waals surface area contributed by atoms with Crippen LogP contribution in [-0.2, 0) is 0 Å². The van der Waals surface area contributed by atoms with Crippen LogP contribution in [0, 0.1) is 0 Å². The Bertz CT molecular complexity index is 704. The number of hydrogen-bond acceptors (Lipinski definition) is 4. The summed E-state index contributed by atoms with van der Waals surface area (Å²) < 4.78 is 15.9. The number of para-hydroxylation sites is 1. The second-order valence-corrected chi connectivity index (χ2v) is 4.74. The van der Waals surface area contributed by atoms with E-state index in [1.165, 1.54) is 6.08 Å². The van der Waals surface area contributed by atoms with Gasteiger partial charge in [0.25, 0.3) is 0 Å². The highest BCUT2D eigenvalue weighted by Gasteiger charge is 2.09. The molecule has 4 nitrogen and oxygen atoms in total. The van der Waals surface area contributed by atoms with E-state index in [2.05, 4.69) is 0 Å². The highest BCUT2D eigenvalue weighted by atomic mass is 16.5. The number of ketones is 1. The lowest BCUT2D eigenvalue weighted by Gasteiger charge is -2.08. The number of rotatable bonds is 7. The van der Waals surface area contributed by atoms with Gasteiger partial charge in [0.15, 0.2) is 17.3 Å². The Kier molecular flexibility index (Phi) is 5.80. The Morgan fingerprint density at radius 2 is 1.74 bits per heavy atom. The van der Waals surface area contributed by atoms with Crippen LogP contribution in [0.2, 0.25) is 0 Å². The monoisotopic (exact) mass is 312 g/mol. The Hall–Kier alpha value is -2.75. The van der Waals surface area contributed by atoms with Gasteiger partial charge in [-0.1, -0.05) is 24.3 Å². The molecule has 0 aliphatic rings. The summed E-state index contributed by atoms with van der Waals surface area (Å²) >= 11 is 0. The molecule has 2 aromatic carbocycles. The molecule has 23 heavy (non-hydrogen) atoms. The van der Waals surface area contributed by atoms with Crippen LogP contribution < -0.4 is 14.2 Å². The highest BCUT2D eigenvalue weighted by molar-refractivity contribution is 6.08. The second-order valence-electron chi connectivity index (χ2n) is 4.74. The Morgan fingerprint density at radius 3 is 2.43 bits per heavy atom. The number of benzene rings is 2. The zero-order valence-electron chi connectivity index (χ0n) is 13.5. The van der Waals surface area contributed by atoms with Crippen LogP contribution in [0.3, 0.4) is 0 Å². The molecular weight excluding hydrogens is 292 g/mol. The van der Waals surface area contributed by atoms with Crippen LogP contribution in [0.25, 0.3) is 6.08 Å². The summed E-state index contributed by atoms with van der Waals surface area (Å²) in [5, 5.41) is 0. The summed E-state index contributed by atoms with van der Waals surface area (Å²) in [6.07, 6.45) is 3.27. The van der Waals surface area contributed by atoms with E-state index in [1.54, 1.807) is 38.5 Å². The predicted octanol–water partition coefficient (Wildman–Crippen LogP) is 4.00. The third-order valence-electron chi connectivity index (χ3n) is 3.29. The summed E-state index contributed by atoms with van der Waals surface area (Å²) in [5.41, 5.74) is 1.40. The van der Waals surface area contributed by atoms with Gasteiger partial charge in [-0.3, -0.25) is 4.79 Å². The number of methoxy groups -OCH3 is 2. The van der Waals surface area contributed by atoms with Crippen LogP contribution in [0.15, 0.2) is 48.5 Å². The molecule has 0 aliphatic heterocycles. The average Bonchev–Trinajstić information content (AvgIpc) is 2.60. The van der Waals surface area contributed by atoms with Crippen molar-refractivity contribution < 1.29 is 19.0 Å². The van der Waals surface area contributed by atoms with E-state index in [-0.39, 0.29) is 5.78 Å². The molecule has 0 saturated heterocycles. The molecule has 0 amide bonds. The number of carbonyl (C=O) groups is 1. The van der Waals surface area contributed by atoms with Crippen molar-refractivity contribution in [3.63, 3.8) is 0 Å². The summed E-state index contributed by atoms with van der Waals surface area (Å²) in [5.74, 6) is 1.76. The van der Waals surface area contributed by atoms with Crippen LogP contribution in [0.5, 0.6) is 17.2 Å². The normalized spacial score (nSPS) is 10.6. The molecule has 0 fully saturated rings. The van der Waals surface area contributed by atoms with E-state index in [0.29, 0.717) is 29.4 Å². The van der Waals surface area contributed by atoms with Gasteiger partial charge >= 0.3 is 0 Å². The second kappa shape index (κ2) is 8.03. The Labute approximate surface area is 136 Å². The van der Waals surface area contributed by atoms with Gasteiger partial charge in [0.2, 0.25) is 0 Å². The zero-order chi connectivity index (χ0) is 16.7. The van der Waals surface area contributed by atoms with Crippen LogP contribution in [0.1, 0.15) is 22.8 Å². The third-order valence-corrected chi connectivity index (χ3v) is 3.29. The quantitative estimate of drug-likeness (QED) is 0.572. The predicted molar refractivity (Wildman–Crippen MR) is 90.5 cm³/mol. The van der Waals surface area contributed by atoms with Gasteiger partial charge in [-0.15, -0.1) is 0 Å². The number of hydrogen-bond donors (Lipinski definition) is 0. The molecule has 0 aromatic heterocycles. The first-order valence-corrected chi connectivity index (χ1v) is 7.35. The van der Waals surface area contributed by atoms with E-state index in [9.17, 15) is 4.79 Å². The summed E-state index contributed by atoms with van der Waals surface area (Å²) in [7, 11) is 3.16. The van der Waals surface area contributed by atoms with E-state index in [0.717, 1.165) is 5.56 Å². The molecule has 0 aliphatic carbocycles. The van der Waals surface area contributed by atoms with Crippen molar-refractivity contribution in [2.45, 2.75) is 6.92 Å². The van der Waals surface area contributed by atoms with Crippen molar-refractivity contribution in [2.24, 2.45) is 0 Å². The molecule has 4 heteroatoms. The molecule has 0 atom stereocenters. The summed E-state index contributed by atoms with van der Waals surface area (Å²) in [6, 6.07) is 12.7. The molecule has 2 aromatic rings. The number of allylic oxidation sites excluding steroid dienone is 1. The molecule has 0 radical (unpaired) electrons. The minimum absolute atomic E-state index is 0.108. The van der Waals surface area contributed by atoms with Gasteiger partial charge in [0, 0.05) is 0 Å². The van der Waals surface area contributed by atoms with E-state index >= 15 is 0 Å². The first-order valence-electron chi connectivity index (χ1n) is 7.35. The maximum atomic E-state index is 12.4. The Balaban J connectivity index is 2.22. The molecule has 0 bridgehead atoms. The minimum Gasteiger partial charge on any atom is -0.493 e. The fourth-order valence-electron chi connectivity index (χ4n) is 2.17. The van der Waals surface area contributed by atoms with Crippen molar-refractivity contribution >= 4 is 11.9 Å². The van der Waals surface area contributed by atoms with E-state index in [4.69, 9.17) is 14.2 Å². The number of ether oxygens (including phenoxy) is 3. The van der Waals surface area contributed by atoms with Crippen molar-refractivity contribution in [1.82, 2.24) is 0 Å². The molecule has 2 rings (SSSR count). The lowest BCUT2D eigenvalue weighted by Crippen LogP contribution is -2.01. The van der Waals surface area contributed by atoms with Gasteiger partial charge in [0.05, 0.1) is 26.4 Å². The van der Waals surface area contributed by atoms with E-state index in [1.807, 2.05) is 31.2 Å². The fourth-order valence-corrected chi connectivity index (χ4v) is 2.17. The molecule has 0 heterocycles. The zero-order valence-corrected chi connectivity index (χ0v) is 13.5. The summed E-state index contributed by atoms with van der Waals surface area (Å²) in [6.45, 7) is 2.41. The van der Waals surface area contributed by atoms with Crippen LogP contribution in [-0.4, -0.2) is 26.6 Å². The van der Waals surface area contributed by atoms with Crippen molar-refractivity contribution in [2.75, 3.05) is 20.8 Å². The van der Waals surface area contributed by atoms with Crippen molar-refractivity contribution in [3.05, 3.63) is 59.7 Å². The molecule has 0 unspecified atom stereocenters. The molecule has 0 N–H and O–H groups in total. The number of carbonyl (C=O) groups excluding carboxylic acids is 1.